The van der Waals surface area contributed by atoms with E-state index in [4.69, 9.17) is 5.84 Å². The first-order chi connectivity index (χ1) is 8.72. The number of nitrogens with two attached hydrogens (primary N) is 1. The van der Waals surface area contributed by atoms with E-state index in [1.807, 2.05) is 0 Å². The van der Waals surface area contributed by atoms with Crippen LogP contribution in [-0.2, 0) is 6.54 Å². The average Bonchev–Trinajstić information content (AvgIpc) is 2.86. The van der Waals surface area contributed by atoms with Crippen molar-refractivity contribution in [2.45, 2.75) is 32.4 Å². The number of nitrogen functional groups attached to an aromatic ring is 1. The summed E-state index contributed by atoms with van der Waals surface area (Å²) in [5.74, 6) is 5.31. The Kier molecular flexibility index (Phi) is 4.87. The van der Waals surface area contributed by atoms with Crippen LogP contribution in [0.4, 0.5) is 5.13 Å². The van der Waals surface area contributed by atoms with Gasteiger partial charge in [-0.25, -0.2) is 5.84 Å². The maximum atomic E-state index is 5.31. The Bertz CT molecular complexity index is 360. The summed E-state index contributed by atoms with van der Waals surface area (Å²) < 4.78 is 0. The van der Waals surface area contributed by atoms with Gasteiger partial charge in [0.05, 0.1) is 6.54 Å². The maximum Gasteiger partial charge on any atom is 0.219 e. The molecule has 0 atom stereocenters. The van der Waals surface area contributed by atoms with Crippen LogP contribution in [0.25, 0.3) is 0 Å². The number of aromatic nitrogens is 2. The van der Waals surface area contributed by atoms with Crippen molar-refractivity contribution < 1.29 is 0 Å². The summed E-state index contributed by atoms with van der Waals surface area (Å²) in [6.45, 7) is 6.66. The van der Waals surface area contributed by atoms with Gasteiger partial charge in [-0.05, 0) is 39.5 Å². The molecule has 0 saturated carbocycles. The number of hydrogen-bond donors (Lipinski definition) is 2. The fourth-order valence-electron chi connectivity index (χ4n) is 2.39. The topological polar surface area (TPSA) is 70.3 Å². The van der Waals surface area contributed by atoms with E-state index < -0.39 is 0 Å². The Balaban J connectivity index is 1.82. The molecule has 0 amide bonds. The fourth-order valence-corrected chi connectivity index (χ4v) is 3.11. The summed E-state index contributed by atoms with van der Waals surface area (Å²) in [7, 11) is 2.17. The molecule has 0 bridgehead atoms. The molecule has 1 aromatic heterocycles. The predicted molar refractivity (Wildman–Crippen MR) is 74.3 cm³/mol. The molecule has 1 aromatic rings. The lowest BCUT2D eigenvalue weighted by molar-refractivity contribution is 0.127. The van der Waals surface area contributed by atoms with Gasteiger partial charge >= 0.3 is 0 Å². The summed E-state index contributed by atoms with van der Waals surface area (Å²) in [5, 5.41) is 9.78. The SMILES string of the molecule is CCN1CCC(N(C)Cc2nnc(NN)s2)CC1. The fraction of sp³-hybridized carbons (Fsp3) is 0.818. The minimum absolute atomic E-state index is 0.658. The first-order valence-electron chi connectivity index (χ1n) is 6.44. The van der Waals surface area contributed by atoms with E-state index in [0.717, 1.165) is 11.6 Å². The summed E-state index contributed by atoms with van der Waals surface area (Å²) in [6, 6.07) is 0.658. The number of likely N-dealkylation sites (tertiary alicyclic amines) is 1. The highest BCUT2D eigenvalue weighted by Gasteiger charge is 2.22. The maximum absolute atomic E-state index is 5.31. The van der Waals surface area contributed by atoms with Crippen LogP contribution >= 0.6 is 11.3 Å². The number of nitrogens with one attached hydrogen (secondary N) is 1. The van der Waals surface area contributed by atoms with E-state index >= 15 is 0 Å². The Morgan fingerprint density at radius 1 is 1.44 bits per heavy atom. The van der Waals surface area contributed by atoms with Crippen molar-refractivity contribution in [1.29, 1.82) is 0 Å². The molecule has 1 saturated heterocycles. The number of piperidine rings is 1. The van der Waals surface area contributed by atoms with Crippen LogP contribution in [-0.4, -0.2) is 52.7 Å². The third kappa shape index (κ3) is 3.38. The number of rotatable bonds is 5. The lowest BCUT2D eigenvalue weighted by Gasteiger charge is -2.35. The molecule has 0 aromatic carbocycles. The smallest absolute Gasteiger partial charge is 0.219 e. The van der Waals surface area contributed by atoms with Crippen LogP contribution in [0.5, 0.6) is 0 Å². The molecule has 6 nitrogen and oxygen atoms in total. The summed E-state index contributed by atoms with van der Waals surface area (Å²) >= 11 is 1.52. The third-order valence-electron chi connectivity index (χ3n) is 3.60. The zero-order valence-electron chi connectivity index (χ0n) is 11.1. The molecule has 2 heterocycles. The van der Waals surface area contributed by atoms with Crippen molar-refractivity contribution in [1.82, 2.24) is 20.0 Å². The van der Waals surface area contributed by atoms with Crippen molar-refractivity contribution in [2.75, 3.05) is 32.1 Å². The second-order valence-corrected chi connectivity index (χ2v) is 5.79. The number of hydrazine groups is 1. The molecule has 1 aliphatic rings. The monoisotopic (exact) mass is 270 g/mol. The van der Waals surface area contributed by atoms with E-state index in [9.17, 15) is 0 Å². The molecular weight excluding hydrogens is 248 g/mol. The Hall–Kier alpha value is -0.760. The van der Waals surface area contributed by atoms with Gasteiger partial charge in [0, 0.05) is 6.04 Å². The molecule has 0 spiro atoms. The molecule has 3 N–H and O–H groups in total. The van der Waals surface area contributed by atoms with Gasteiger partial charge < -0.3 is 4.90 Å². The lowest BCUT2D eigenvalue weighted by Crippen LogP contribution is -2.42. The van der Waals surface area contributed by atoms with Crippen molar-refractivity contribution >= 4 is 16.5 Å². The highest BCUT2D eigenvalue weighted by Crippen LogP contribution is 2.20. The standard InChI is InChI=1S/C11H22N6S/c1-3-17-6-4-9(5-7-17)16(2)8-10-14-15-11(13-12)18-10/h9H,3-8,12H2,1-2H3,(H,13,15). The van der Waals surface area contributed by atoms with E-state index in [2.05, 4.69) is 39.4 Å². The summed E-state index contributed by atoms with van der Waals surface area (Å²) in [5.41, 5.74) is 2.53. The first kappa shape index (κ1) is 13.7. The molecule has 1 fully saturated rings. The summed E-state index contributed by atoms with van der Waals surface area (Å²) in [4.78, 5) is 4.89. The van der Waals surface area contributed by atoms with Crippen molar-refractivity contribution in [3.05, 3.63) is 5.01 Å². The van der Waals surface area contributed by atoms with E-state index in [1.54, 1.807) is 0 Å². The number of nitrogens with zero attached hydrogens (tertiary/aromatic N) is 4. The van der Waals surface area contributed by atoms with Crippen molar-refractivity contribution in [3.8, 4) is 0 Å². The number of anilines is 1. The van der Waals surface area contributed by atoms with Gasteiger partial charge in [0.25, 0.3) is 0 Å². The van der Waals surface area contributed by atoms with Gasteiger partial charge in [-0.2, -0.15) is 0 Å². The van der Waals surface area contributed by atoms with E-state index in [1.165, 1.54) is 43.8 Å². The normalized spacial score (nSPS) is 18.4. The molecular formula is C11H22N6S. The van der Waals surface area contributed by atoms with Gasteiger partial charge in [0.15, 0.2) is 0 Å². The van der Waals surface area contributed by atoms with Crippen LogP contribution in [0.15, 0.2) is 0 Å². The average molecular weight is 270 g/mol. The van der Waals surface area contributed by atoms with Crippen LogP contribution in [0, 0.1) is 0 Å². The molecule has 102 valence electrons. The van der Waals surface area contributed by atoms with Crippen LogP contribution in [0.2, 0.25) is 0 Å². The van der Waals surface area contributed by atoms with E-state index in [-0.39, 0.29) is 0 Å². The zero-order valence-corrected chi connectivity index (χ0v) is 11.9. The molecule has 7 heteroatoms. The molecule has 18 heavy (non-hydrogen) atoms. The highest BCUT2D eigenvalue weighted by molar-refractivity contribution is 7.15. The predicted octanol–water partition coefficient (Wildman–Crippen LogP) is 0.740. The minimum atomic E-state index is 0.658. The minimum Gasteiger partial charge on any atom is -0.303 e. The molecule has 0 unspecified atom stereocenters. The van der Waals surface area contributed by atoms with Gasteiger partial charge in [-0.15, -0.1) is 10.2 Å². The van der Waals surface area contributed by atoms with Crippen LogP contribution < -0.4 is 11.3 Å². The quantitative estimate of drug-likeness (QED) is 0.607. The highest BCUT2D eigenvalue weighted by atomic mass is 32.1. The van der Waals surface area contributed by atoms with Gasteiger partial charge in [-0.1, -0.05) is 18.3 Å². The molecule has 0 radical (unpaired) electrons. The molecule has 2 rings (SSSR count). The van der Waals surface area contributed by atoms with Gasteiger partial charge in [0.2, 0.25) is 5.13 Å². The number of hydrogen-bond acceptors (Lipinski definition) is 7. The van der Waals surface area contributed by atoms with Gasteiger partial charge in [-0.3, -0.25) is 10.3 Å². The lowest BCUT2D eigenvalue weighted by atomic mass is 10.0. The Morgan fingerprint density at radius 3 is 2.72 bits per heavy atom. The Morgan fingerprint density at radius 2 is 2.17 bits per heavy atom. The van der Waals surface area contributed by atoms with E-state index in [0.29, 0.717) is 11.2 Å². The summed E-state index contributed by atoms with van der Waals surface area (Å²) in [6.07, 6.45) is 2.48. The van der Waals surface area contributed by atoms with Crippen LogP contribution in [0.3, 0.4) is 0 Å². The Labute approximate surface area is 112 Å². The second kappa shape index (κ2) is 6.42. The zero-order chi connectivity index (χ0) is 13.0. The van der Waals surface area contributed by atoms with Gasteiger partial charge in [0.1, 0.15) is 5.01 Å². The van der Waals surface area contributed by atoms with Crippen molar-refractivity contribution in [2.24, 2.45) is 5.84 Å². The third-order valence-corrected chi connectivity index (χ3v) is 4.44. The second-order valence-electron chi connectivity index (χ2n) is 4.73. The van der Waals surface area contributed by atoms with Crippen molar-refractivity contribution in [3.63, 3.8) is 0 Å². The molecule has 1 aliphatic heterocycles. The largest absolute Gasteiger partial charge is 0.303 e. The first-order valence-corrected chi connectivity index (χ1v) is 7.26. The molecule has 0 aliphatic carbocycles. The van der Waals surface area contributed by atoms with Crippen LogP contribution in [0.1, 0.15) is 24.8 Å².